The van der Waals surface area contributed by atoms with Crippen molar-refractivity contribution in [1.29, 1.82) is 5.26 Å². The third kappa shape index (κ3) is 3.22. The molecule has 0 radical (unpaired) electrons. The average molecular weight is 280 g/mol. The predicted octanol–water partition coefficient (Wildman–Crippen LogP) is 3.71. The summed E-state index contributed by atoms with van der Waals surface area (Å²) in [4.78, 5) is 14.0. The number of carbonyl (C=O) groups excluding carboxylic acids is 1. The van der Waals surface area contributed by atoms with Gasteiger partial charge in [0.2, 0.25) is 5.91 Å². The molecular weight excluding hydrogens is 260 g/mol. The summed E-state index contributed by atoms with van der Waals surface area (Å²) < 4.78 is 0. The summed E-state index contributed by atoms with van der Waals surface area (Å²) in [7, 11) is 0. The number of nitriles is 1. The zero-order chi connectivity index (χ0) is 15.2. The molecule has 0 heterocycles. The Bertz CT molecular complexity index is 663. The lowest BCUT2D eigenvalue weighted by Gasteiger charge is -2.20. The molecule has 0 aromatic heterocycles. The summed E-state index contributed by atoms with van der Waals surface area (Å²) in [5.74, 6) is -0.358. The van der Waals surface area contributed by atoms with Crippen LogP contribution in [0.15, 0.2) is 42.5 Å². The summed E-state index contributed by atoms with van der Waals surface area (Å²) in [6.07, 6.45) is 0.242. The maximum absolute atomic E-state index is 12.3. The van der Waals surface area contributed by atoms with Gasteiger partial charge in [-0.25, -0.2) is 0 Å². The topological polar surface area (TPSA) is 44.1 Å². The fraction of sp³-hybridized carbons (Fsp3) is 0.333. The van der Waals surface area contributed by atoms with Gasteiger partial charge in [0, 0.05) is 19.5 Å². The van der Waals surface area contributed by atoms with Crippen LogP contribution in [-0.4, -0.2) is 23.9 Å². The molecule has 0 aliphatic heterocycles. The minimum atomic E-state index is -0.399. The van der Waals surface area contributed by atoms with E-state index in [-0.39, 0.29) is 12.3 Å². The fourth-order valence-electron chi connectivity index (χ4n) is 2.66. The van der Waals surface area contributed by atoms with E-state index in [2.05, 4.69) is 6.07 Å². The van der Waals surface area contributed by atoms with Crippen LogP contribution < -0.4 is 0 Å². The Labute approximate surface area is 125 Å². The van der Waals surface area contributed by atoms with Crippen LogP contribution in [0.3, 0.4) is 0 Å². The van der Waals surface area contributed by atoms with Crippen LogP contribution in [0.5, 0.6) is 0 Å². The van der Waals surface area contributed by atoms with Crippen molar-refractivity contribution < 1.29 is 4.79 Å². The average Bonchev–Trinajstić information content (AvgIpc) is 2.53. The van der Waals surface area contributed by atoms with Gasteiger partial charge in [0.05, 0.1) is 12.0 Å². The molecule has 0 saturated carbocycles. The molecule has 1 atom stereocenters. The first-order valence-corrected chi connectivity index (χ1v) is 7.36. The van der Waals surface area contributed by atoms with Crippen molar-refractivity contribution in [1.82, 2.24) is 4.90 Å². The minimum absolute atomic E-state index is 0.0412. The monoisotopic (exact) mass is 280 g/mol. The van der Waals surface area contributed by atoms with E-state index in [4.69, 9.17) is 0 Å². The van der Waals surface area contributed by atoms with E-state index in [1.165, 1.54) is 0 Å². The van der Waals surface area contributed by atoms with Gasteiger partial charge in [-0.05, 0) is 30.2 Å². The highest BCUT2D eigenvalue weighted by Gasteiger charge is 2.20. The van der Waals surface area contributed by atoms with Crippen molar-refractivity contribution in [3.63, 3.8) is 0 Å². The van der Waals surface area contributed by atoms with E-state index in [0.717, 1.165) is 16.3 Å². The van der Waals surface area contributed by atoms with Crippen molar-refractivity contribution in [2.45, 2.75) is 26.2 Å². The highest BCUT2D eigenvalue weighted by atomic mass is 16.2. The second-order valence-corrected chi connectivity index (χ2v) is 5.02. The van der Waals surface area contributed by atoms with Crippen LogP contribution in [0.4, 0.5) is 0 Å². The van der Waals surface area contributed by atoms with E-state index in [1.54, 1.807) is 4.90 Å². The van der Waals surface area contributed by atoms with Gasteiger partial charge in [-0.15, -0.1) is 0 Å². The Hall–Kier alpha value is -2.34. The molecule has 0 bridgehead atoms. The van der Waals surface area contributed by atoms with E-state index < -0.39 is 5.92 Å². The third-order valence-electron chi connectivity index (χ3n) is 3.85. The molecule has 108 valence electrons. The van der Waals surface area contributed by atoms with E-state index in [0.29, 0.717) is 13.1 Å². The molecule has 2 aromatic carbocycles. The van der Waals surface area contributed by atoms with Crippen molar-refractivity contribution in [3.05, 3.63) is 48.0 Å². The number of benzene rings is 2. The number of fused-ring (bicyclic) bond motifs is 1. The summed E-state index contributed by atoms with van der Waals surface area (Å²) in [5.41, 5.74) is 0.941. The van der Waals surface area contributed by atoms with E-state index >= 15 is 0 Å². The summed E-state index contributed by atoms with van der Waals surface area (Å²) in [5, 5.41) is 11.7. The van der Waals surface area contributed by atoms with Gasteiger partial charge in [-0.2, -0.15) is 5.26 Å². The first-order chi connectivity index (χ1) is 10.2. The van der Waals surface area contributed by atoms with Gasteiger partial charge >= 0.3 is 0 Å². The molecular formula is C18H20N2O. The second-order valence-electron chi connectivity index (χ2n) is 5.02. The Balaban J connectivity index is 2.33. The molecule has 1 unspecified atom stereocenters. The number of amides is 1. The highest BCUT2D eigenvalue weighted by molar-refractivity contribution is 5.87. The minimum Gasteiger partial charge on any atom is -0.343 e. The molecule has 3 heteroatoms. The Kier molecular flexibility index (Phi) is 4.94. The second kappa shape index (κ2) is 6.90. The largest absolute Gasteiger partial charge is 0.343 e. The standard InChI is InChI=1S/C18H20N2O/c1-3-20(4-2)18(21)12-15(13-19)17-11-7-9-14-8-5-6-10-16(14)17/h5-11,15H,3-4,12H2,1-2H3. The first-order valence-electron chi connectivity index (χ1n) is 7.36. The zero-order valence-corrected chi connectivity index (χ0v) is 12.5. The van der Waals surface area contributed by atoms with Crippen LogP contribution in [0.25, 0.3) is 10.8 Å². The zero-order valence-electron chi connectivity index (χ0n) is 12.5. The van der Waals surface area contributed by atoms with E-state index in [9.17, 15) is 10.1 Å². The lowest BCUT2D eigenvalue weighted by atomic mass is 9.91. The van der Waals surface area contributed by atoms with Crippen LogP contribution in [0.1, 0.15) is 31.7 Å². The highest BCUT2D eigenvalue weighted by Crippen LogP contribution is 2.28. The van der Waals surface area contributed by atoms with Gasteiger partial charge < -0.3 is 4.90 Å². The summed E-state index contributed by atoms with van der Waals surface area (Å²) >= 11 is 0. The third-order valence-corrected chi connectivity index (χ3v) is 3.85. The van der Waals surface area contributed by atoms with Crippen molar-refractivity contribution >= 4 is 16.7 Å². The number of rotatable bonds is 5. The molecule has 0 spiro atoms. The Morgan fingerprint density at radius 2 is 1.81 bits per heavy atom. The first kappa shape index (κ1) is 15.1. The maximum Gasteiger partial charge on any atom is 0.224 e. The van der Waals surface area contributed by atoms with Crippen LogP contribution in [0, 0.1) is 11.3 Å². The molecule has 0 N–H and O–H groups in total. The number of carbonyl (C=O) groups is 1. The summed E-state index contributed by atoms with van der Waals surface area (Å²) in [6, 6.07) is 16.2. The quantitative estimate of drug-likeness (QED) is 0.838. The summed E-state index contributed by atoms with van der Waals surface area (Å²) in [6.45, 7) is 5.29. The van der Waals surface area contributed by atoms with E-state index in [1.807, 2.05) is 56.3 Å². The smallest absolute Gasteiger partial charge is 0.224 e. The van der Waals surface area contributed by atoms with Crippen molar-refractivity contribution in [2.75, 3.05) is 13.1 Å². The van der Waals surface area contributed by atoms with Crippen molar-refractivity contribution in [2.24, 2.45) is 0 Å². The fourth-order valence-corrected chi connectivity index (χ4v) is 2.66. The molecule has 0 aliphatic rings. The van der Waals surface area contributed by atoms with Crippen LogP contribution in [-0.2, 0) is 4.79 Å². The predicted molar refractivity (Wildman–Crippen MR) is 84.8 cm³/mol. The van der Waals surface area contributed by atoms with Gasteiger partial charge in [0.1, 0.15) is 0 Å². The molecule has 2 rings (SSSR count). The molecule has 1 amide bonds. The molecule has 0 fully saturated rings. The normalized spacial score (nSPS) is 11.9. The molecule has 0 saturated heterocycles. The van der Waals surface area contributed by atoms with Crippen LogP contribution >= 0.6 is 0 Å². The van der Waals surface area contributed by atoms with Crippen LogP contribution in [0.2, 0.25) is 0 Å². The molecule has 2 aromatic rings. The van der Waals surface area contributed by atoms with Gasteiger partial charge in [-0.1, -0.05) is 42.5 Å². The van der Waals surface area contributed by atoms with Gasteiger partial charge in [0.25, 0.3) is 0 Å². The number of hydrogen-bond donors (Lipinski definition) is 0. The molecule has 0 aliphatic carbocycles. The number of hydrogen-bond acceptors (Lipinski definition) is 2. The van der Waals surface area contributed by atoms with Gasteiger partial charge in [-0.3, -0.25) is 4.79 Å². The lowest BCUT2D eigenvalue weighted by molar-refractivity contribution is -0.130. The Morgan fingerprint density at radius 3 is 2.48 bits per heavy atom. The van der Waals surface area contributed by atoms with Gasteiger partial charge in [0.15, 0.2) is 0 Å². The Morgan fingerprint density at radius 1 is 1.14 bits per heavy atom. The molecule has 21 heavy (non-hydrogen) atoms. The maximum atomic E-state index is 12.3. The van der Waals surface area contributed by atoms with Crippen molar-refractivity contribution in [3.8, 4) is 6.07 Å². The number of nitrogens with zero attached hydrogens (tertiary/aromatic N) is 2. The molecule has 3 nitrogen and oxygen atoms in total. The lowest BCUT2D eigenvalue weighted by Crippen LogP contribution is -2.31. The SMILES string of the molecule is CCN(CC)C(=O)CC(C#N)c1cccc2ccccc12.